The molecule has 0 aliphatic carbocycles. The van der Waals surface area contributed by atoms with Gasteiger partial charge in [-0.05, 0) is 32.0 Å². The predicted octanol–water partition coefficient (Wildman–Crippen LogP) is 2.28. The molecule has 1 amide bonds. The zero-order chi connectivity index (χ0) is 15.2. The van der Waals surface area contributed by atoms with Crippen LogP contribution in [0.2, 0.25) is 0 Å². The lowest BCUT2D eigenvalue weighted by molar-refractivity contribution is 0.102. The molecule has 0 aliphatic heterocycles. The second kappa shape index (κ2) is 6.73. The summed E-state index contributed by atoms with van der Waals surface area (Å²) in [7, 11) is 0. The number of aromatic nitrogens is 1. The predicted molar refractivity (Wildman–Crippen MR) is 79.0 cm³/mol. The summed E-state index contributed by atoms with van der Waals surface area (Å²) in [5.41, 5.74) is 2.44. The first kappa shape index (κ1) is 14.8. The smallest absolute Gasteiger partial charge is 0.261 e. The minimum absolute atomic E-state index is 0.0372. The van der Waals surface area contributed by atoms with Crippen LogP contribution in [-0.2, 0) is 0 Å². The minimum Gasteiger partial charge on any atom is -0.395 e. The fourth-order valence-electron chi connectivity index (χ4n) is 1.90. The first-order chi connectivity index (χ1) is 10.1. The van der Waals surface area contributed by atoms with Crippen LogP contribution in [0.4, 0.5) is 5.69 Å². The number of amides is 1. The summed E-state index contributed by atoms with van der Waals surface area (Å²) in [4.78, 5) is 12.2. The van der Waals surface area contributed by atoms with E-state index in [1.165, 1.54) is 0 Å². The van der Waals surface area contributed by atoms with Crippen molar-refractivity contribution >= 4 is 11.6 Å². The molecule has 0 bridgehead atoms. The Bertz CT molecular complexity index is 688. The fraction of sp³-hybridized carbons (Fsp3) is 0.250. The lowest BCUT2D eigenvalue weighted by Gasteiger charge is -2.05. The van der Waals surface area contributed by atoms with Crippen molar-refractivity contribution in [3.05, 3.63) is 46.8 Å². The number of aryl methyl sites for hydroxylation is 2. The van der Waals surface area contributed by atoms with Crippen LogP contribution < -0.4 is 5.32 Å². The van der Waals surface area contributed by atoms with Gasteiger partial charge in [-0.1, -0.05) is 23.1 Å². The maximum atomic E-state index is 12.2. The molecule has 108 valence electrons. The number of aliphatic hydroxyl groups excluding tert-OH is 1. The SMILES string of the molecule is Cc1noc(C)c1C(=O)Nc1cccc(C#CCCO)c1. The third-order valence-electron chi connectivity index (χ3n) is 2.85. The van der Waals surface area contributed by atoms with E-state index >= 15 is 0 Å². The normalized spacial score (nSPS) is 9.86. The highest BCUT2D eigenvalue weighted by Crippen LogP contribution is 2.16. The van der Waals surface area contributed by atoms with Gasteiger partial charge in [-0.3, -0.25) is 4.79 Å². The van der Waals surface area contributed by atoms with Gasteiger partial charge in [0.2, 0.25) is 0 Å². The van der Waals surface area contributed by atoms with E-state index in [4.69, 9.17) is 9.63 Å². The molecule has 5 heteroatoms. The molecule has 0 aliphatic rings. The van der Waals surface area contributed by atoms with Crippen LogP contribution in [-0.4, -0.2) is 22.8 Å². The molecule has 0 saturated heterocycles. The number of aliphatic hydroxyl groups is 1. The lowest BCUT2D eigenvalue weighted by atomic mass is 10.1. The van der Waals surface area contributed by atoms with E-state index in [1.807, 2.05) is 12.1 Å². The van der Waals surface area contributed by atoms with Crippen LogP contribution in [0.15, 0.2) is 28.8 Å². The van der Waals surface area contributed by atoms with Crippen LogP contribution in [0.3, 0.4) is 0 Å². The van der Waals surface area contributed by atoms with Gasteiger partial charge in [-0.15, -0.1) is 0 Å². The number of hydrogen-bond acceptors (Lipinski definition) is 4. The van der Waals surface area contributed by atoms with Crippen molar-refractivity contribution < 1.29 is 14.4 Å². The first-order valence-corrected chi connectivity index (χ1v) is 6.56. The highest BCUT2D eigenvalue weighted by Gasteiger charge is 2.17. The van der Waals surface area contributed by atoms with Crippen LogP contribution in [0, 0.1) is 25.7 Å². The summed E-state index contributed by atoms with van der Waals surface area (Å²) in [6, 6.07) is 7.22. The largest absolute Gasteiger partial charge is 0.395 e. The Labute approximate surface area is 123 Å². The summed E-state index contributed by atoms with van der Waals surface area (Å²) in [5.74, 6) is 6.00. The summed E-state index contributed by atoms with van der Waals surface area (Å²) in [5, 5.41) is 15.3. The number of rotatable bonds is 3. The van der Waals surface area contributed by atoms with Crippen molar-refractivity contribution in [2.24, 2.45) is 0 Å². The van der Waals surface area contributed by atoms with Gasteiger partial charge in [0.15, 0.2) is 0 Å². The maximum absolute atomic E-state index is 12.2. The Morgan fingerprint density at radius 1 is 1.43 bits per heavy atom. The molecule has 2 N–H and O–H groups in total. The molecule has 0 atom stereocenters. The van der Waals surface area contributed by atoms with Gasteiger partial charge in [-0.25, -0.2) is 0 Å². The van der Waals surface area contributed by atoms with Crippen molar-refractivity contribution in [1.82, 2.24) is 5.16 Å². The standard InChI is InChI=1S/C16H16N2O3/c1-11-15(12(2)21-18-11)16(20)17-14-8-5-7-13(10-14)6-3-4-9-19/h5,7-8,10,19H,4,9H2,1-2H3,(H,17,20). The van der Waals surface area contributed by atoms with Crippen molar-refractivity contribution in [3.63, 3.8) is 0 Å². The number of nitrogens with zero attached hydrogens (tertiary/aromatic N) is 1. The fourth-order valence-corrected chi connectivity index (χ4v) is 1.90. The van der Waals surface area contributed by atoms with Gasteiger partial charge in [-0.2, -0.15) is 0 Å². The summed E-state index contributed by atoms with van der Waals surface area (Å²) in [6.45, 7) is 3.46. The van der Waals surface area contributed by atoms with E-state index in [9.17, 15) is 4.79 Å². The van der Waals surface area contributed by atoms with E-state index in [0.29, 0.717) is 29.1 Å². The van der Waals surface area contributed by atoms with Crippen molar-refractivity contribution in [2.75, 3.05) is 11.9 Å². The third-order valence-corrected chi connectivity index (χ3v) is 2.85. The van der Waals surface area contributed by atoms with E-state index in [1.54, 1.807) is 26.0 Å². The second-order valence-electron chi connectivity index (χ2n) is 4.51. The Balaban J connectivity index is 2.15. The molecule has 5 nitrogen and oxygen atoms in total. The maximum Gasteiger partial charge on any atom is 0.261 e. The van der Waals surface area contributed by atoms with Gasteiger partial charge in [0.25, 0.3) is 5.91 Å². The monoisotopic (exact) mass is 284 g/mol. The number of carbonyl (C=O) groups excluding carboxylic acids is 1. The van der Waals surface area contributed by atoms with Crippen LogP contribution in [0.1, 0.15) is 33.8 Å². The molecular formula is C16H16N2O3. The lowest BCUT2D eigenvalue weighted by Crippen LogP contribution is -2.13. The van der Waals surface area contributed by atoms with Crippen LogP contribution >= 0.6 is 0 Å². The van der Waals surface area contributed by atoms with Crippen molar-refractivity contribution in [3.8, 4) is 11.8 Å². The number of anilines is 1. The quantitative estimate of drug-likeness (QED) is 0.848. The Morgan fingerprint density at radius 3 is 2.90 bits per heavy atom. The Hall–Kier alpha value is -2.58. The highest BCUT2D eigenvalue weighted by atomic mass is 16.5. The van der Waals surface area contributed by atoms with Crippen molar-refractivity contribution in [2.45, 2.75) is 20.3 Å². The van der Waals surface area contributed by atoms with Gasteiger partial charge < -0.3 is 14.9 Å². The average molecular weight is 284 g/mol. The third kappa shape index (κ3) is 3.71. The number of benzene rings is 1. The van der Waals surface area contributed by atoms with Crippen LogP contribution in [0.5, 0.6) is 0 Å². The van der Waals surface area contributed by atoms with E-state index in [0.717, 1.165) is 5.56 Å². The van der Waals surface area contributed by atoms with Gasteiger partial charge >= 0.3 is 0 Å². The van der Waals surface area contributed by atoms with E-state index < -0.39 is 0 Å². The highest BCUT2D eigenvalue weighted by molar-refractivity contribution is 6.05. The number of nitrogens with one attached hydrogen (secondary N) is 1. The average Bonchev–Trinajstić information content (AvgIpc) is 2.79. The van der Waals surface area contributed by atoms with E-state index in [2.05, 4.69) is 22.3 Å². The number of carbonyl (C=O) groups is 1. The Kier molecular flexibility index (Phi) is 4.75. The summed E-state index contributed by atoms with van der Waals surface area (Å²) >= 11 is 0. The van der Waals surface area contributed by atoms with E-state index in [-0.39, 0.29) is 12.5 Å². The zero-order valence-corrected chi connectivity index (χ0v) is 11.9. The van der Waals surface area contributed by atoms with Crippen LogP contribution in [0.25, 0.3) is 0 Å². The molecule has 1 aromatic carbocycles. The molecular weight excluding hydrogens is 268 g/mol. The second-order valence-corrected chi connectivity index (χ2v) is 4.51. The van der Waals surface area contributed by atoms with Gasteiger partial charge in [0, 0.05) is 17.7 Å². The molecule has 0 saturated carbocycles. The molecule has 2 aromatic rings. The minimum atomic E-state index is -0.258. The first-order valence-electron chi connectivity index (χ1n) is 6.56. The molecule has 0 unspecified atom stereocenters. The zero-order valence-electron chi connectivity index (χ0n) is 11.9. The Morgan fingerprint density at radius 2 is 2.24 bits per heavy atom. The summed E-state index contributed by atoms with van der Waals surface area (Å²) < 4.78 is 4.99. The number of hydrogen-bond donors (Lipinski definition) is 2. The molecule has 2 rings (SSSR count). The molecule has 21 heavy (non-hydrogen) atoms. The molecule has 1 heterocycles. The topological polar surface area (TPSA) is 75.4 Å². The van der Waals surface area contributed by atoms with Crippen molar-refractivity contribution in [1.29, 1.82) is 0 Å². The molecule has 0 spiro atoms. The molecule has 0 radical (unpaired) electrons. The van der Waals surface area contributed by atoms with Gasteiger partial charge in [0.1, 0.15) is 11.3 Å². The van der Waals surface area contributed by atoms with Gasteiger partial charge in [0.05, 0.1) is 12.3 Å². The summed E-state index contributed by atoms with van der Waals surface area (Å²) in [6.07, 6.45) is 0.426. The molecule has 1 aromatic heterocycles. The molecule has 0 fully saturated rings.